The molecule has 4 heterocycles. The van der Waals surface area contributed by atoms with Crippen molar-refractivity contribution in [2.24, 2.45) is 0 Å². The van der Waals surface area contributed by atoms with Crippen LogP contribution in [0.4, 0.5) is 4.79 Å². The Morgan fingerprint density at radius 3 is 2.93 bits per heavy atom. The molecule has 2 saturated heterocycles. The lowest BCUT2D eigenvalue weighted by atomic mass is 10.1. The molecule has 0 radical (unpaired) electrons. The van der Waals surface area contributed by atoms with Crippen LogP contribution in [0.1, 0.15) is 50.4 Å². The summed E-state index contributed by atoms with van der Waals surface area (Å²) in [7, 11) is 2.16. The van der Waals surface area contributed by atoms with Crippen LogP contribution < -0.4 is 5.32 Å². The minimum Gasteiger partial charge on any atom is -0.332 e. The molecule has 0 aromatic carbocycles. The van der Waals surface area contributed by atoms with Crippen LogP contribution in [0.5, 0.6) is 0 Å². The Balaban J connectivity index is 1.33. The fourth-order valence-corrected chi connectivity index (χ4v) is 4.87. The van der Waals surface area contributed by atoms with Crippen molar-refractivity contribution in [3.63, 3.8) is 0 Å². The summed E-state index contributed by atoms with van der Waals surface area (Å²) in [4.78, 5) is 19.8. The zero-order valence-corrected chi connectivity index (χ0v) is 16.9. The van der Waals surface area contributed by atoms with Gasteiger partial charge in [0.2, 0.25) is 0 Å². The third-order valence-electron chi connectivity index (χ3n) is 6.40. The molecule has 0 unspecified atom stereocenters. The summed E-state index contributed by atoms with van der Waals surface area (Å²) < 4.78 is 2.12. The first-order valence-corrected chi connectivity index (χ1v) is 10.7. The molecular formula is C20H34N6O. The van der Waals surface area contributed by atoms with Gasteiger partial charge in [0.25, 0.3) is 0 Å². The van der Waals surface area contributed by atoms with Gasteiger partial charge < -0.3 is 15.1 Å². The molecule has 1 aromatic heterocycles. The smallest absolute Gasteiger partial charge is 0.318 e. The van der Waals surface area contributed by atoms with Crippen molar-refractivity contribution in [2.75, 3.05) is 33.2 Å². The molecule has 150 valence electrons. The van der Waals surface area contributed by atoms with E-state index in [-0.39, 0.29) is 6.03 Å². The lowest BCUT2D eigenvalue weighted by Gasteiger charge is -2.28. The van der Waals surface area contributed by atoms with Gasteiger partial charge >= 0.3 is 6.03 Å². The molecule has 2 fully saturated rings. The number of unbranched alkanes of at least 4 members (excludes halogenated alkanes) is 1. The highest BCUT2D eigenvalue weighted by molar-refractivity contribution is 5.75. The molecule has 0 aliphatic carbocycles. The first-order chi connectivity index (χ1) is 13.1. The minimum atomic E-state index is 0.0911. The molecule has 7 heteroatoms. The molecule has 27 heavy (non-hydrogen) atoms. The Morgan fingerprint density at radius 2 is 2.07 bits per heavy atom. The number of nitrogens with zero attached hydrogens (tertiary/aromatic N) is 5. The summed E-state index contributed by atoms with van der Waals surface area (Å²) in [5.41, 5.74) is 2.26. The van der Waals surface area contributed by atoms with E-state index in [9.17, 15) is 4.79 Å². The van der Waals surface area contributed by atoms with Crippen LogP contribution in [-0.4, -0.2) is 75.8 Å². The maximum atomic E-state index is 12.9. The third-order valence-corrected chi connectivity index (χ3v) is 6.40. The molecule has 0 spiro atoms. The molecule has 1 N–H and O–H groups in total. The largest absolute Gasteiger partial charge is 0.332 e. The molecule has 3 aliphatic rings. The number of hydrogen-bond acceptors (Lipinski definition) is 4. The average molecular weight is 375 g/mol. The average Bonchev–Trinajstić information content (AvgIpc) is 3.20. The van der Waals surface area contributed by atoms with Crippen molar-refractivity contribution in [2.45, 2.75) is 70.7 Å². The predicted octanol–water partition coefficient (Wildman–Crippen LogP) is 1.88. The zero-order valence-electron chi connectivity index (χ0n) is 16.9. The van der Waals surface area contributed by atoms with E-state index in [2.05, 4.69) is 44.7 Å². The van der Waals surface area contributed by atoms with Crippen LogP contribution in [0.3, 0.4) is 0 Å². The second-order valence-electron chi connectivity index (χ2n) is 8.48. The van der Waals surface area contributed by atoms with Crippen molar-refractivity contribution in [1.29, 1.82) is 0 Å². The number of likely N-dealkylation sites (N-methyl/N-ethyl adjacent to an activating group) is 1. The Bertz CT molecular complexity index is 659. The van der Waals surface area contributed by atoms with Gasteiger partial charge in [-0.25, -0.2) is 4.79 Å². The first-order valence-electron chi connectivity index (χ1n) is 10.7. The topological polar surface area (TPSA) is 56.6 Å². The van der Waals surface area contributed by atoms with Crippen molar-refractivity contribution in [1.82, 2.24) is 29.8 Å². The molecule has 1 aromatic rings. The van der Waals surface area contributed by atoms with Gasteiger partial charge in [-0.15, -0.1) is 0 Å². The number of fused-ring (bicyclic) bond motifs is 3. The number of amides is 2. The lowest BCUT2D eigenvalue weighted by Crippen LogP contribution is -2.47. The Kier molecular flexibility index (Phi) is 5.68. The van der Waals surface area contributed by atoms with Gasteiger partial charge in [0.15, 0.2) is 0 Å². The van der Waals surface area contributed by atoms with Crippen LogP contribution in [0.25, 0.3) is 0 Å². The van der Waals surface area contributed by atoms with E-state index in [0.717, 1.165) is 57.7 Å². The molecule has 3 aliphatic heterocycles. The highest BCUT2D eigenvalue weighted by atomic mass is 16.2. The number of rotatable bonds is 5. The van der Waals surface area contributed by atoms with E-state index in [1.54, 1.807) is 0 Å². The Morgan fingerprint density at radius 1 is 1.22 bits per heavy atom. The van der Waals surface area contributed by atoms with Gasteiger partial charge in [-0.1, -0.05) is 13.3 Å². The van der Waals surface area contributed by atoms with E-state index >= 15 is 0 Å². The molecular weight excluding hydrogens is 340 g/mol. The van der Waals surface area contributed by atoms with Crippen LogP contribution in [0, 0.1) is 0 Å². The summed E-state index contributed by atoms with van der Waals surface area (Å²) in [6.07, 6.45) is 5.87. The lowest BCUT2D eigenvalue weighted by molar-refractivity contribution is 0.172. The molecule has 2 amide bonds. The van der Waals surface area contributed by atoms with Gasteiger partial charge in [-0.3, -0.25) is 9.58 Å². The normalized spacial score (nSPS) is 26.1. The number of urea groups is 1. The summed E-state index contributed by atoms with van der Waals surface area (Å²) in [5, 5.41) is 7.86. The molecule has 4 rings (SSSR count). The van der Waals surface area contributed by atoms with Crippen LogP contribution in [0.15, 0.2) is 6.07 Å². The molecule has 2 bridgehead atoms. The summed E-state index contributed by atoms with van der Waals surface area (Å²) >= 11 is 0. The highest BCUT2D eigenvalue weighted by Gasteiger charge is 2.39. The number of nitrogens with one attached hydrogen (secondary N) is 1. The monoisotopic (exact) mass is 374 g/mol. The maximum Gasteiger partial charge on any atom is 0.318 e. The van der Waals surface area contributed by atoms with Gasteiger partial charge in [0.1, 0.15) is 0 Å². The van der Waals surface area contributed by atoms with Crippen LogP contribution in [0.2, 0.25) is 0 Å². The van der Waals surface area contributed by atoms with Gasteiger partial charge in [-0.2, -0.15) is 5.10 Å². The van der Waals surface area contributed by atoms with Gasteiger partial charge in [-0.05, 0) is 51.9 Å². The second kappa shape index (κ2) is 8.19. The van der Waals surface area contributed by atoms with E-state index in [4.69, 9.17) is 5.10 Å². The minimum absolute atomic E-state index is 0.0911. The van der Waals surface area contributed by atoms with Crippen LogP contribution in [-0.2, 0) is 19.6 Å². The van der Waals surface area contributed by atoms with Crippen molar-refractivity contribution < 1.29 is 4.79 Å². The van der Waals surface area contributed by atoms with E-state index in [1.165, 1.54) is 25.1 Å². The zero-order chi connectivity index (χ0) is 18.8. The summed E-state index contributed by atoms with van der Waals surface area (Å²) in [5.74, 6) is 0. The summed E-state index contributed by atoms with van der Waals surface area (Å²) in [6, 6.07) is 3.03. The van der Waals surface area contributed by atoms with E-state index in [0.29, 0.717) is 18.6 Å². The predicted molar refractivity (Wildman–Crippen MR) is 105 cm³/mol. The van der Waals surface area contributed by atoms with E-state index in [1.807, 2.05) is 0 Å². The third kappa shape index (κ3) is 4.14. The van der Waals surface area contributed by atoms with Crippen molar-refractivity contribution >= 4 is 6.03 Å². The fourth-order valence-electron chi connectivity index (χ4n) is 4.87. The maximum absolute atomic E-state index is 12.9. The molecule has 2 atom stereocenters. The Hall–Kier alpha value is -1.60. The van der Waals surface area contributed by atoms with Crippen LogP contribution >= 0.6 is 0 Å². The summed E-state index contributed by atoms with van der Waals surface area (Å²) in [6.45, 7) is 9.02. The van der Waals surface area contributed by atoms with E-state index < -0.39 is 0 Å². The molecule has 7 nitrogen and oxygen atoms in total. The quantitative estimate of drug-likeness (QED) is 0.855. The highest BCUT2D eigenvalue weighted by Crippen LogP contribution is 2.29. The Labute approximate surface area is 162 Å². The van der Waals surface area contributed by atoms with Crippen molar-refractivity contribution in [3.05, 3.63) is 17.5 Å². The number of carbonyl (C=O) groups excluding carboxylic acids is 1. The van der Waals surface area contributed by atoms with Gasteiger partial charge in [0, 0.05) is 31.7 Å². The number of carbonyl (C=O) groups is 1. The van der Waals surface area contributed by atoms with Crippen molar-refractivity contribution in [3.8, 4) is 0 Å². The standard InChI is InChI=1S/C20H34N6O/c1-3-4-8-24-10-11-25-19(15-24)12-16(22-25)13-21-20(27)26-17-5-6-18(26)14-23(2)9-7-17/h12,17-18H,3-11,13-15H2,1-2H3,(H,21,27)/t17-,18+/m1/s1. The number of hydrogen-bond donors (Lipinski definition) is 1. The second-order valence-corrected chi connectivity index (χ2v) is 8.48. The van der Waals surface area contributed by atoms with Gasteiger partial charge in [0.05, 0.1) is 24.5 Å². The fraction of sp³-hybridized carbons (Fsp3) is 0.800. The number of likely N-dealkylation sites (tertiary alicyclic amines) is 1. The number of aromatic nitrogens is 2. The SMILES string of the molecule is CCCCN1CCn2nc(CNC(=O)N3[C@@H]4CC[C@H]3CN(C)CC4)cc2C1. The molecule has 0 saturated carbocycles. The first kappa shape index (κ1) is 18.7.